The van der Waals surface area contributed by atoms with Gasteiger partial charge in [0.05, 0.1) is 5.69 Å². The lowest BCUT2D eigenvalue weighted by Gasteiger charge is -2.47. The summed E-state index contributed by atoms with van der Waals surface area (Å²) in [6.45, 7) is 2.90. The van der Waals surface area contributed by atoms with Gasteiger partial charge in [0.2, 0.25) is 0 Å². The number of ether oxygens (including phenoxy) is 2. The van der Waals surface area contributed by atoms with E-state index in [1.807, 2.05) is 55.5 Å². The molecule has 6 nitrogen and oxygen atoms in total. The van der Waals surface area contributed by atoms with Crippen LogP contribution >= 0.6 is 0 Å². The van der Waals surface area contributed by atoms with Crippen LogP contribution in [0, 0.1) is 6.92 Å². The van der Waals surface area contributed by atoms with Gasteiger partial charge in [0.1, 0.15) is 12.4 Å². The van der Waals surface area contributed by atoms with Crippen LogP contribution in [0.5, 0.6) is 5.75 Å². The van der Waals surface area contributed by atoms with E-state index in [4.69, 9.17) is 9.47 Å². The van der Waals surface area contributed by atoms with Crippen LogP contribution in [0.2, 0.25) is 0 Å². The molecule has 2 amide bonds. The highest BCUT2D eigenvalue weighted by atomic mass is 16.5. The number of benzene rings is 2. The quantitative estimate of drug-likeness (QED) is 0.861. The SMILES string of the molecule is Cc1ccc2c(c1)OC1(CCC1)C(=O)N2CCNC(=O)OCc1ccccc1. The maximum Gasteiger partial charge on any atom is 0.407 e. The normalized spacial score (nSPS) is 16.8. The molecule has 1 N–H and O–H groups in total. The van der Waals surface area contributed by atoms with Crippen LogP contribution in [-0.2, 0) is 16.1 Å². The number of amides is 2. The molecule has 0 saturated heterocycles. The zero-order valence-electron chi connectivity index (χ0n) is 15.9. The fourth-order valence-electron chi connectivity index (χ4n) is 3.62. The number of rotatable bonds is 5. The van der Waals surface area contributed by atoms with Crippen molar-refractivity contribution in [1.82, 2.24) is 5.32 Å². The van der Waals surface area contributed by atoms with Gasteiger partial charge < -0.3 is 19.7 Å². The molecule has 0 atom stereocenters. The number of nitrogens with one attached hydrogen (secondary N) is 1. The fourth-order valence-corrected chi connectivity index (χ4v) is 3.62. The average molecular weight is 380 g/mol. The van der Waals surface area contributed by atoms with E-state index >= 15 is 0 Å². The lowest BCUT2D eigenvalue weighted by molar-refractivity contribution is -0.143. The lowest BCUT2D eigenvalue weighted by atomic mass is 9.77. The van der Waals surface area contributed by atoms with E-state index in [2.05, 4.69) is 5.32 Å². The Balaban J connectivity index is 1.37. The number of carbonyl (C=O) groups excluding carboxylic acids is 2. The molecule has 1 heterocycles. The summed E-state index contributed by atoms with van der Waals surface area (Å²) in [5.74, 6) is 0.723. The van der Waals surface area contributed by atoms with Crippen LogP contribution in [0.1, 0.15) is 30.4 Å². The van der Waals surface area contributed by atoms with E-state index in [9.17, 15) is 9.59 Å². The molecule has 0 aromatic heterocycles. The number of hydrogen-bond donors (Lipinski definition) is 1. The molecule has 6 heteroatoms. The van der Waals surface area contributed by atoms with Gasteiger partial charge in [-0.1, -0.05) is 36.4 Å². The van der Waals surface area contributed by atoms with Crippen molar-refractivity contribution in [3.05, 3.63) is 59.7 Å². The van der Waals surface area contributed by atoms with Gasteiger partial charge in [-0.05, 0) is 49.4 Å². The molecule has 4 rings (SSSR count). The number of alkyl carbamates (subject to hydrolysis) is 1. The Bertz CT molecular complexity index is 877. The Morgan fingerprint density at radius 3 is 2.71 bits per heavy atom. The van der Waals surface area contributed by atoms with Gasteiger partial charge in [-0.25, -0.2) is 4.79 Å². The summed E-state index contributed by atoms with van der Waals surface area (Å²) in [6.07, 6.45) is 1.97. The number of fused-ring (bicyclic) bond motifs is 1. The first kappa shape index (κ1) is 18.3. The second-order valence-electron chi connectivity index (χ2n) is 7.37. The molecule has 28 heavy (non-hydrogen) atoms. The first-order valence-corrected chi connectivity index (χ1v) is 9.64. The molecule has 1 aliphatic heterocycles. The van der Waals surface area contributed by atoms with Crippen molar-refractivity contribution in [3.8, 4) is 5.75 Å². The molecule has 1 spiro atoms. The molecule has 1 fully saturated rings. The molecule has 0 radical (unpaired) electrons. The maximum atomic E-state index is 13.0. The predicted molar refractivity (Wildman–Crippen MR) is 105 cm³/mol. The number of carbonyl (C=O) groups is 2. The zero-order chi connectivity index (χ0) is 19.6. The summed E-state index contributed by atoms with van der Waals surface area (Å²) < 4.78 is 11.3. The standard InChI is InChI=1S/C22H24N2O4/c1-16-8-9-18-19(14-16)28-22(10-5-11-22)20(25)24(18)13-12-23-21(26)27-15-17-6-3-2-4-7-17/h2-4,6-9,14H,5,10-13,15H2,1H3,(H,23,26). The van der Waals surface area contributed by atoms with Crippen molar-refractivity contribution >= 4 is 17.7 Å². The smallest absolute Gasteiger partial charge is 0.407 e. The molecule has 1 aliphatic carbocycles. The Kier molecular flexibility index (Phi) is 4.94. The third kappa shape index (κ3) is 3.54. The van der Waals surface area contributed by atoms with Crippen LogP contribution in [-0.4, -0.2) is 30.7 Å². The summed E-state index contributed by atoms with van der Waals surface area (Å²) >= 11 is 0. The molecular formula is C22H24N2O4. The summed E-state index contributed by atoms with van der Waals surface area (Å²) in [6, 6.07) is 15.3. The van der Waals surface area contributed by atoms with E-state index < -0.39 is 11.7 Å². The van der Waals surface area contributed by atoms with Crippen molar-refractivity contribution in [2.45, 2.75) is 38.4 Å². The first-order valence-electron chi connectivity index (χ1n) is 9.64. The van der Waals surface area contributed by atoms with Crippen LogP contribution in [0.4, 0.5) is 10.5 Å². The molecule has 0 unspecified atom stereocenters. The van der Waals surface area contributed by atoms with Crippen molar-refractivity contribution < 1.29 is 19.1 Å². The molecular weight excluding hydrogens is 356 g/mol. The summed E-state index contributed by atoms with van der Waals surface area (Å²) in [5, 5.41) is 2.73. The van der Waals surface area contributed by atoms with Gasteiger partial charge >= 0.3 is 6.09 Å². The minimum absolute atomic E-state index is 0.0189. The molecule has 146 valence electrons. The number of aryl methyl sites for hydroxylation is 1. The number of hydrogen-bond acceptors (Lipinski definition) is 4. The monoisotopic (exact) mass is 380 g/mol. The van der Waals surface area contributed by atoms with E-state index in [0.29, 0.717) is 13.1 Å². The molecule has 2 aromatic rings. The summed E-state index contributed by atoms with van der Waals surface area (Å²) in [7, 11) is 0. The predicted octanol–water partition coefficient (Wildman–Crippen LogP) is 3.57. The average Bonchev–Trinajstić information content (AvgIpc) is 2.67. The molecule has 2 aromatic carbocycles. The van der Waals surface area contributed by atoms with Crippen LogP contribution in [0.25, 0.3) is 0 Å². The van der Waals surface area contributed by atoms with Gasteiger partial charge in [-0.2, -0.15) is 0 Å². The minimum Gasteiger partial charge on any atom is -0.475 e. The van der Waals surface area contributed by atoms with Gasteiger partial charge in [0, 0.05) is 13.1 Å². The van der Waals surface area contributed by atoms with E-state index in [1.165, 1.54) is 0 Å². The molecule has 0 bridgehead atoms. The topological polar surface area (TPSA) is 67.9 Å². The third-order valence-corrected chi connectivity index (χ3v) is 5.33. The van der Waals surface area contributed by atoms with Gasteiger partial charge in [0.25, 0.3) is 5.91 Å². The first-order chi connectivity index (χ1) is 13.6. The lowest BCUT2D eigenvalue weighted by Crippen LogP contribution is -2.60. The second kappa shape index (κ2) is 7.54. The largest absolute Gasteiger partial charge is 0.475 e. The number of nitrogens with zero attached hydrogens (tertiary/aromatic N) is 1. The minimum atomic E-state index is -0.728. The van der Waals surface area contributed by atoms with E-state index in [-0.39, 0.29) is 12.5 Å². The number of anilines is 1. The Morgan fingerprint density at radius 2 is 2.00 bits per heavy atom. The van der Waals surface area contributed by atoms with Gasteiger partial charge in [-0.3, -0.25) is 4.79 Å². The van der Waals surface area contributed by atoms with E-state index in [1.54, 1.807) is 4.90 Å². The van der Waals surface area contributed by atoms with Crippen molar-refractivity contribution in [3.63, 3.8) is 0 Å². The van der Waals surface area contributed by atoms with E-state index in [0.717, 1.165) is 41.8 Å². The zero-order valence-corrected chi connectivity index (χ0v) is 15.9. The fraction of sp³-hybridized carbons (Fsp3) is 0.364. The highest BCUT2D eigenvalue weighted by molar-refractivity contribution is 6.03. The summed E-state index contributed by atoms with van der Waals surface area (Å²) in [4.78, 5) is 26.7. The van der Waals surface area contributed by atoms with Crippen molar-refractivity contribution in [2.75, 3.05) is 18.0 Å². The highest BCUT2D eigenvalue weighted by Gasteiger charge is 2.52. The Morgan fingerprint density at radius 1 is 1.21 bits per heavy atom. The highest BCUT2D eigenvalue weighted by Crippen LogP contribution is 2.46. The molecule has 1 saturated carbocycles. The van der Waals surface area contributed by atoms with Crippen molar-refractivity contribution in [1.29, 1.82) is 0 Å². The van der Waals surface area contributed by atoms with Crippen LogP contribution < -0.4 is 15.0 Å². The van der Waals surface area contributed by atoms with Gasteiger partial charge in [0.15, 0.2) is 5.60 Å². The Hall–Kier alpha value is -3.02. The van der Waals surface area contributed by atoms with Crippen molar-refractivity contribution in [2.24, 2.45) is 0 Å². The Labute approximate surface area is 164 Å². The van der Waals surface area contributed by atoms with Gasteiger partial charge in [-0.15, -0.1) is 0 Å². The van der Waals surface area contributed by atoms with Crippen LogP contribution in [0.15, 0.2) is 48.5 Å². The van der Waals surface area contributed by atoms with Crippen LogP contribution in [0.3, 0.4) is 0 Å². The maximum absolute atomic E-state index is 13.0. The summed E-state index contributed by atoms with van der Waals surface area (Å²) in [5.41, 5.74) is 2.05. The molecule has 2 aliphatic rings. The third-order valence-electron chi connectivity index (χ3n) is 5.33. The second-order valence-corrected chi connectivity index (χ2v) is 7.37.